The third-order valence-corrected chi connectivity index (χ3v) is 3.55. The van der Waals surface area contributed by atoms with Crippen molar-refractivity contribution in [1.82, 2.24) is 4.98 Å². The molecule has 0 aliphatic carbocycles. The van der Waals surface area contributed by atoms with Crippen LogP contribution in [0.3, 0.4) is 0 Å². The molecule has 0 aliphatic heterocycles. The Balaban J connectivity index is 2.33. The lowest BCUT2D eigenvalue weighted by molar-refractivity contribution is -0.0500. The van der Waals surface area contributed by atoms with Crippen molar-refractivity contribution in [3.8, 4) is 17.0 Å². The van der Waals surface area contributed by atoms with Gasteiger partial charge >= 0.3 is 15.6 Å². The normalized spacial score (nSPS) is 12.2. The first-order valence-electron chi connectivity index (χ1n) is 5.73. The number of benzene rings is 1. The van der Waals surface area contributed by atoms with Gasteiger partial charge in [0.05, 0.1) is 5.69 Å². The van der Waals surface area contributed by atoms with E-state index in [0.29, 0.717) is 11.3 Å². The second kappa shape index (κ2) is 5.36. The number of aryl methyl sites for hydroxylation is 1. The van der Waals surface area contributed by atoms with Crippen molar-refractivity contribution < 1.29 is 25.8 Å². The molecule has 1 aromatic heterocycles. The summed E-state index contributed by atoms with van der Waals surface area (Å²) >= 11 is 0. The molecule has 8 heteroatoms. The van der Waals surface area contributed by atoms with Crippen LogP contribution in [-0.4, -0.2) is 18.9 Å². The van der Waals surface area contributed by atoms with Gasteiger partial charge in [-0.2, -0.15) is 21.6 Å². The minimum atomic E-state index is -5.68. The molecule has 0 fully saturated rings. The largest absolute Gasteiger partial charge is 0.534 e. The molecule has 0 atom stereocenters. The molecule has 1 aromatic carbocycles. The van der Waals surface area contributed by atoms with Crippen molar-refractivity contribution in [2.45, 2.75) is 12.4 Å². The highest BCUT2D eigenvalue weighted by Gasteiger charge is 2.48. The summed E-state index contributed by atoms with van der Waals surface area (Å²) in [5.74, 6) is -0.446. The molecule has 0 amide bonds. The quantitative estimate of drug-likeness (QED) is 0.644. The summed E-state index contributed by atoms with van der Waals surface area (Å²) < 4.78 is 62.7. The van der Waals surface area contributed by atoms with Crippen LogP contribution in [0.2, 0.25) is 0 Å². The highest BCUT2D eigenvalue weighted by molar-refractivity contribution is 7.88. The van der Waals surface area contributed by atoms with E-state index in [1.807, 2.05) is 6.92 Å². The Bertz CT molecular complexity index is 740. The van der Waals surface area contributed by atoms with Crippen LogP contribution in [0.15, 0.2) is 42.6 Å². The average Bonchev–Trinajstić information content (AvgIpc) is 2.38. The van der Waals surface area contributed by atoms with Crippen molar-refractivity contribution in [2.75, 3.05) is 0 Å². The van der Waals surface area contributed by atoms with Crippen molar-refractivity contribution in [3.05, 3.63) is 48.2 Å². The first-order valence-corrected chi connectivity index (χ1v) is 7.14. The predicted molar refractivity (Wildman–Crippen MR) is 70.0 cm³/mol. The number of aromatic nitrogens is 1. The number of nitrogens with zero attached hydrogens (tertiary/aromatic N) is 1. The van der Waals surface area contributed by atoms with Gasteiger partial charge in [0.2, 0.25) is 0 Å². The van der Waals surface area contributed by atoms with Crippen molar-refractivity contribution in [3.63, 3.8) is 0 Å². The Morgan fingerprint density at radius 1 is 1.10 bits per heavy atom. The summed E-state index contributed by atoms with van der Waals surface area (Å²) in [6.07, 6.45) is 1.18. The number of halogens is 3. The zero-order valence-corrected chi connectivity index (χ0v) is 11.6. The number of pyridine rings is 1. The maximum absolute atomic E-state index is 12.3. The van der Waals surface area contributed by atoms with Crippen LogP contribution in [0.5, 0.6) is 5.75 Å². The molecular weight excluding hydrogens is 307 g/mol. The molecule has 0 aliphatic rings. The molecule has 0 radical (unpaired) electrons. The van der Waals surface area contributed by atoms with Crippen LogP contribution in [0.25, 0.3) is 11.3 Å². The minimum Gasteiger partial charge on any atom is -0.376 e. The van der Waals surface area contributed by atoms with E-state index in [2.05, 4.69) is 9.17 Å². The molecule has 21 heavy (non-hydrogen) atoms. The number of rotatable bonds is 3. The van der Waals surface area contributed by atoms with E-state index in [4.69, 9.17) is 0 Å². The molecular formula is C13H10F3NO3S. The standard InChI is InChI=1S/C13H10F3NO3S/c1-9-2-4-10(5-3-9)12-8-11(6-7-17-12)20-21(18,19)13(14,15)16/h2-8H,1H3. The lowest BCUT2D eigenvalue weighted by atomic mass is 10.1. The Labute approximate surface area is 119 Å². The summed E-state index contributed by atoms with van der Waals surface area (Å²) in [4.78, 5) is 3.98. The molecule has 0 saturated heterocycles. The molecule has 0 unspecified atom stereocenters. The summed E-state index contributed by atoms with van der Waals surface area (Å²) in [5, 5.41) is 0. The highest BCUT2D eigenvalue weighted by Crippen LogP contribution is 2.28. The van der Waals surface area contributed by atoms with Crippen LogP contribution >= 0.6 is 0 Å². The monoisotopic (exact) mass is 317 g/mol. The lowest BCUT2D eigenvalue weighted by Crippen LogP contribution is -2.28. The summed E-state index contributed by atoms with van der Waals surface area (Å²) in [6, 6.07) is 9.22. The first kappa shape index (κ1) is 15.3. The maximum atomic E-state index is 12.3. The molecule has 112 valence electrons. The average molecular weight is 317 g/mol. The van der Waals surface area contributed by atoms with Crippen molar-refractivity contribution in [2.24, 2.45) is 0 Å². The molecule has 0 bridgehead atoms. The lowest BCUT2D eigenvalue weighted by Gasteiger charge is -2.10. The Morgan fingerprint density at radius 2 is 1.71 bits per heavy atom. The Kier molecular flexibility index (Phi) is 3.91. The second-order valence-electron chi connectivity index (χ2n) is 4.23. The Morgan fingerprint density at radius 3 is 2.29 bits per heavy atom. The second-order valence-corrected chi connectivity index (χ2v) is 5.76. The third-order valence-electron chi connectivity index (χ3n) is 2.57. The van der Waals surface area contributed by atoms with Crippen LogP contribution in [0, 0.1) is 6.92 Å². The number of alkyl halides is 3. The van der Waals surface area contributed by atoms with Crippen LogP contribution in [-0.2, 0) is 10.1 Å². The van der Waals surface area contributed by atoms with E-state index in [-0.39, 0.29) is 0 Å². The number of hydrogen-bond acceptors (Lipinski definition) is 4. The maximum Gasteiger partial charge on any atom is 0.534 e. The van der Waals surface area contributed by atoms with Gasteiger partial charge < -0.3 is 4.18 Å². The zero-order chi connectivity index (χ0) is 15.7. The van der Waals surface area contributed by atoms with Crippen LogP contribution < -0.4 is 4.18 Å². The van der Waals surface area contributed by atoms with Gasteiger partial charge in [0, 0.05) is 23.9 Å². The molecule has 1 heterocycles. The fourth-order valence-electron chi connectivity index (χ4n) is 1.52. The van der Waals surface area contributed by atoms with E-state index >= 15 is 0 Å². The molecule has 4 nitrogen and oxygen atoms in total. The van der Waals surface area contributed by atoms with Gasteiger partial charge in [0.15, 0.2) is 0 Å². The first-order chi connectivity index (χ1) is 9.69. The fraction of sp³-hybridized carbons (Fsp3) is 0.154. The van der Waals surface area contributed by atoms with Gasteiger partial charge in [-0.15, -0.1) is 0 Å². The minimum absolute atomic E-state index is 0.310. The SMILES string of the molecule is Cc1ccc(-c2cc(OS(=O)(=O)C(F)(F)F)ccn2)cc1. The van der Waals surface area contributed by atoms with E-state index < -0.39 is 21.4 Å². The van der Waals surface area contributed by atoms with Gasteiger partial charge in [-0.25, -0.2) is 0 Å². The van der Waals surface area contributed by atoms with Crippen molar-refractivity contribution in [1.29, 1.82) is 0 Å². The summed E-state index contributed by atoms with van der Waals surface area (Å²) in [6.45, 7) is 1.88. The molecule has 0 saturated carbocycles. The molecule has 2 rings (SSSR count). The molecule has 2 aromatic rings. The summed E-state index contributed by atoms with van der Waals surface area (Å²) in [5.41, 5.74) is -3.52. The number of hydrogen-bond donors (Lipinski definition) is 0. The Hall–Kier alpha value is -2.09. The van der Waals surface area contributed by atoms with Gasteiger partial charge in [-0.05, 0) is 6.92 Å². The molecule has 0 N–H and O–H groups in total. The van der Waals surface area contributed by atoms with Crippen LogP contribution in [0.1, 0.15) is 5.56 Å². The van der Waals surface area contributed by atoms with Gasteiger partial charge in [0.25, 0.3) is 0 Å². The van der Waals surface area contributed by atoms with E-state index in [0.717, 1.165) is 17.7 Å². The highest BCUT2D eigenvalue weighted by atomic mass is 32.2. The zero-order valence-electron chi connectivity index (χ0n) is 10.8. The fourth-order valence-corrected chi connectivity index (χ4v) is 1.97. The van der Waals surface area contributed by atoms with Gasteiger partial charge in [0.1, 0.15) is 5.75 Å². The molecule has 0 spiro atoms. The van der Waals surface area contributed by atoms with E-state index in [1.165, 1.54) is 6.20 Å². The topological polar surface area (TPSA) is 56.3 Å². The van der Waals surface area contributed by atoms with E-state index in [9.17, 15) is 21.6 Å². The third kappa shape index (κ3) is 3.52. The smallest absolute Gasteiger partial charge is 0.376 e. The van der Waals surface area contributed by atoms with E-state index in [1.54, 1.807) is 24.3 Å². The van der Waals surface area contributed by atoms with Gasteiger partial charge in [-0.1, -0.05) is 29.8 Å². The summed E-state index contributed by atoms with van der Waals surface area (Å²) in [7, 11) is -5.68. The van der Waals surface area contributed by atoms with Gasteiger partial charge in [-0.3, -0.25) is 4.98 Å². The van der Waals surface area contributed by atoms with Crippen LogP contribution in [0.4, 0.5) is 13.2 Å². The predicted octanol–water partition coefficient (Wildman–Crippen LogP) is 3.29. The van der Waals surface area contributed by atoms with Crippen molar-refractivity contribution >= 4 is 10.1 Å².